The fourth-order valence-electron chi connectivity index (χ4n) is 5.06. The van der Waals surface area contributed by atoms with E-state index in [2.05, 4.69) is 135 Å². The Morgan fingerprint density at radius 1 is 0.353 bits per heavy atom. The highest BCUT2D eigenvalue weighted by molar-refractivity contribution is 6.14. The number of hydrogen-bond donors (Lipinski definition) is 0. The minimum absolute atomic E-state index is 1.25. The van der Waals surface area contributed by atoms with Crippen LogP contribution in [0.5, 0.6) is 0 Å². The first-order valence-electron chi connectivity index (χ1n) is 11.9. The Bertz CT molecular complexity index is 1550. The molecule has 0 heteroatoms. The summed E-state index contributed by atoms with van der Waals surface area (Å²) >= 11 is 0. The van der Waals surface area contributed by atoms with Gasteiger partial charge in [-0.1, -0.05) is 114 Å². The zero-order valence-electron chi connectivity index (χ0n) is 19.5. The molecule has 0 amide bonds. The molecule has 0 aliphatic heterocycles. The van der Waals surface area contributed by atoms with Gasteiger partial charge in [0.25, 0.3) is 0 Å². The van der Waals surface area contributed by atoms with Crippen LogP contribution in [0.15, 0.2) is 121 Å². The van der Waals surface area contributed by atoms with Gasteiger partial charge in [0.2, 0.25) is 0 Å². The second-order valence-corrected chi connectivity index (χ2v) is 9.23. The monoisotopic (exact) mass is 434 g/mol. The van der Waals surface area contributed by atoms with E-state index in [0.717, 1.165) is 0 Å². The van der Waals surface area contributed by atoms with Gasteiger partial charge in [-0.15, -0.1) is 0 Å². The van der Waals surface area contributed by atoms with Crippen molar-refractivity contribution in [3.63, 3.8) is 0 Å². The maximum absolute atomic E-state index is 2.36. The first-order valence-corrected chi connectivity index (χ1v) is 11.9. The summed E-state index contributed by atoms with van der Waals surface area (Å²) in [6.07, 6.45) is 0. The molecule has 0 bridgehead atoms. The van der Waals surface area contributed by atoms with Gasteiger partial charge in [-0.2, -0.15) is 0 Å². The standard InChI is InChI=1S/C34H26/c1-23-8-6-12-26(18-23)28-14-16-32-30(20-28)22-31-21-29(27-13-7-9-24(2)19-27)15-17-33(31)34(32)25-10-4-3-5-11-25/h3-22H,1-2H3. The quantitative estimate of drug-likeness (QED) is 0.243. The second-order valence-electron chi connectivity index (χ2n) is 9.23. The SMILES string of the molecule is Cc1cccc(-c2ccc3c(-c4ccccc4)c4ccc(-c5cccc(C)c5)cc4cc3c2)c1. The summed E-state index contributed by atoms with van der Waals surface area (Å²) < 4.78 is 0. The molecule has 6 aromatic rings. The molecular formula is C34H26. The van der Waals surface area contributed by atoms with Crippen molar-refractivity contribution in [2.45, 2.75) is 13.8 Å². The van der Waals surface area contributed by atoms with E-state index in [0.29, 0.717) is 0 Å². The van der Waals surface area contributed by atoms with Crippen LogP contribution in [0.3, 0.4) is 0 Å². The molecule has 0 heterocycles. The average molecular weight is 435 g/mol. The summed E-state index contributed by atoms with van der Waals surface area (Å²) in [5, 5.41) is 5.12. The van der Waals surface area contributed by atoms with Crippen LogP contribution in [0.25, 0.3) is 54.9 Å². The Labute approximate surface area is 201 Å². The van der Waals surface area contributed by atoms with E-state index < -0.39 is 0 Å². The van der Waals surface area contributed by atoms with E-state index in [4.69, 9.17) is 0 Å². The molecule has 0 aromatic heterocycles. The second kappa shape index (κ2) is 8.32. The summed E-state index contributed by atoms with van der Waals surface area (Å²) in [7, 11) is 0. The third kappa shape index (κ3) is 3.68. The van der Waals surface area contributed by atoms with E-state index in [-0.39, 0.29) is 0 Å². The lowest BCUT2D eigenvalue weighted by molar-refractivity contribution is 1.47. The molecule has 0 saturated heterocycles. The number of aryl methyl sites for hydroxylation is 2. The zero-order chi connectivity index (χ0) is 23.1. The Hall–Kier alpha value is -4.16. The van der Waals surface area contributed by atoms with E-state index in [1.807, 2.05) is 0 Å². The molecule has 0 N–H and O–H groups in total. The smallest absolute Gasteiger partial charge is 0.00268 e. The van der Waals surface area contributed by atoms with Crippen molar-refractivity contribution in [3.8, 4) is 33.4 Å². The van der Waals surface area contributed by atoms with Crippen molar-refractivity contribution in [2.24, 2.45) is 0 Å². The number of hydrogen-bond acceptors (Lipinski definition) is 0. The predicted octanol–water partition coefficient (Wildman–Crippen LogP) is 9.61. The van der Waals surface area contributed by atoms with Crippen molar-refractivity contribution >= 4 is 21.5 Å². The summed E-state index contributed by atoms with van der Waals surface area (Å²) in [4.78, 5) is 0. The Morgan fingerprint density at radius 2 is 0.824 bits per heavy atom. The van der Waals surface area contributed by atoms with Gasteiger partial charge in [-0.25, -0.2) is 0 Å². The molecule has 0 fully saturated rings. The van der Waals surface area contributed by atoms with Gasteiger partial charge >= 0.3 is 0 Å². The molecule has 0 radical (unpaired) electrons. The molecule has 6 rings (SSSR count). The van der Waals surface area contributed by atoms with E-state index in [1.54, 1.807) is 0 Å². The normalized spacial score (nSPS) is 11.2. The molecule has 162 valence electrons. The van der Waals surface area contributed by atoms with Crippen LogP contribution in [-0.4, -0.2) is 0 Å². The lowest BCUT2D eigenvalue weighted by Gasteiger charge is -2.15. The van der Waals surface area contributed by atoms with Crippen LogP contribution >= 0.6 is 0 Å². The maximum Gasteiger partial charge on any atom is -0.00268 e. The zero-order valence-corrected chi connectivity index (χ0v) is 19.5. The van der Waals surface area contributed by atoms with Crippen LogP contribution < -0.4 is 0 Å². The first-order chi connectivity index (χ1) is 16.7. The van der Waals surface area contributed by atoms with Crippen LogP contribution in [0, 0.1) is 13.8 Å². The summed E-state index contributed by atoms with van der Waals surface area (Å²) in [5.74, 6) is 0. The lowest BCUT2D eigenvalue weighted by atomic mass is 9.89. The van der Waals surface area contributed by atoms with E-state index in [9.17, 15) is 0 Å². The summed E-state index contributed by atoms with van der Waals surface area (Å²) in [6.45, 7) is 4.30. The molecule has 0 aliphatic rings. The minimum Gasteiger partial charge on any atom is -0.0622 e. The highest BCUT2D eigenvalue weighted by Gasteiger charge is 2.12. The van der Waals surface area contributed by atoms with Crippen molar-refractivity contribution in [2.75, 3.05) is 0 Å². The molecule has 0 nitrogen and oxygen atoms in total. The van der Waals surface area contributed by atoms with Gasteiger partial charge in [-0.3, -0.25) is 0 Å². The van der Waals surface area contributed by atoms with E-state index in [1.165, 1.54) is 66.1 Å². The molecular weight excluding hydrogens is 408 g/mol. The molecule has 0 saturated carbocycles. The molecule has 0 aliphatic carbocycles. The molecule has 0 spiro atoms. The van der Waals surface area contributed by atoms with Crippen molar-refractivity contribution in [1.29, 1.82) is 0 Å². The van der Waals surface area contributed by atoms with Crippen LogP contribution in [0.4, 0.5) is 0 Å². The van der Waals surface area contributed by atoms with Crippen LogP contribution in [-0.2, 0) is 0 Å². The van der Waals surface area contributed by atoms with Crippen LogP contribution in [0.2, 0.25) is 0 Å². The van der Waals surface area contributed by atoms with Gasteiger partial charge in [0, 0.05) is 0 Å². The number of rotatable bonds is 3. The summed E-state index contributed by atoms with van der Waals surface area (Å²) in [6, 6.07) is 44.4. The van der Waals surface area contributed by atoms with Gasteiger partial charge in [0.1, 0.15) is 0 Å². The molecule has 0 unspecified atom stereocenters. The topological polar surface area (TPSA) is 0 Å². The molecule has 6 aromatic carbocycles. The third-order valence-electron chi connectivity index (χ3n) is 6.72. The largest absolute Gasteiger partial charge is 0.0622 e. The van der Waals surface area contributed by atoms with Crippen LogP contribution in [0.1, 0.15) is 11.1 Å². The lowest BCUT2D eigenvalue weighted by Crippen LogP contribution is -1.88. The van der Waals surface area contributed by atoms with Gasteiger partial charge in [0.15, 0.2) is 0 Å². The minimum atomic E-state index is 1.25. The van der Waals surface area contributed by atoms with Gasteiger partial charge in [0.05, 0.1) is 0 Å². The Balaban J connectivity index is 1.64. The van der Waals surface area contributed by atoms with Crippen molar-refractivity contribution < 1.29 is 0 Å². The average Bonchev–Trinajstić information content (AvgIpc) is 2.87. The van der Waals surface area contributed by atoms with Gasteiger partial charge in [-0.05, 0) is 87.0 Å². The van der Waals surface area contributed by atoms with Crippen molar-refractivity contribution in [1.82, 2.24) is 0 Å². The van der Waals surface area contributed by atoms with Gasteiger partial charge < -0.3 is 0 Å². The highest BCUT2D eigenvalue weighted by Crippen LogP contribution is 2.39. The molecule has 34 heavy (non-hydrogen) atoms. The maximum atomic E-state index is 2.36. The number of fused-ring (bicyclic) bond motifs is 2. The number of benzene rings is 6. The third-order valence-corrected chi connectivity index (χ3v) is 6.72. The predicted molar refractivity (Wildman–Crippen MR) is 147 cm³/mol. The van der Waals surface area contributed by atoms with E-state index >= 15 is 0 Å². The Morgan fingerprint density at radius 3 is 1.32 bits per heavy atom. The summed E-state index contributed by atoms with van der Waals surface area (Å²) in [5.41, 5.74) is 10.2. The van der Waals surface area contributed by atoms with Crippen molar-refractivity contribution in [3.05, 3.63) is 132 Å². The molecule has 0 atom stereocenters. The fourth-order valence-corrected chi connectivity index (χ4v) is 5.06. The Kier molecular flexibility index (Phi) is 5.00. The highest BCUT2D eigenvalue weighted by atomic mass is 14.2. The first kappa shape index (κ1) is 20.4. The fraction of sp³-hybridized carbons (Fsp3) is 0.0588.